The first-order valence-corrected chi connectivity index (χ1v) is 10.4. The van der Waals surface area contributed by atoms with Crippen molar-refractivity contribution in [3.63, 3.8) is 0 Å². The van der Waals surface area contributed by atoms with E-state index in [2.05, 4.69) is 5.32 Å². The van der Waals surface area contributed by atoms with Gasteiger partial charge in [0.15, 0.2) is 0 Å². The van der Waals surface area contributed by atoms with Gasteiger partial charge in [0.25, 0.3) is 0 Å². The molecule has 2 atom stereocenters. The van der Waals surface area contributed by atoms with Crippen LogP contribution in [0.3, 0.4) is 0 Å². The molecule has 0 spiro atoms. The second-order valence-corrected chi connectivity index (χ2v) is 7.72. The van der Waals surface area contributed by atoms with Gasteiger partial charge in [-0.1, -0.05) is 60.7 Å². The molecule has 0 saturated carbocycles. The lowest BCUT2D eigenvalue weighted by Crippen LogP contribution is -2.30. The van der Waals surface area contributed by atoms with Gasteiger partial charge in [-0.3, -0.25) is 9.59 Å². The summed E-state index contributed by atoms with van der Waals surface area (Å²) < 4.78 is 0. The van der Waals surface area contributed by atoms with Crippen molar-refractivity contribution in [3.8, 4) is 0 Å². The predicted molar refractivity (Wildman–Crippen MR) is 122 cm³/mol. The predicted octanol–water partition coefficient (Wildman–Crippen LogP) is 4.52. The standard InChI is InChI=1S/C26H25NO5/c28-24(27-23-13-11-20(12-14-23)25(29)30)21(15-18-7-3-1-4-8-18)17-22(26(31)32)16-19-9-5-2-6-10-19/h1-14,21-22H,15-17H2,(H,27,28)(H,29,30)(H,31,32). The van der Waals surface area contributed by atoms with Gasteiger partial charge in [-0.15, -0.1) is 0 Å². The fraction of sp³-hybridized carbons (Fsp3) is 0.192. The molecule has 2 unspecified atom stereocenters. The molecule has 0 bridgehead atoms. The first-order valence-electron chi connectivity index (χ1n) is 10.4. The highest BCUT2D eigenvalue weighted by Crippen LogP contribution is 2.23. The minimum atomic E-state index is -1.05. The number of hydrogen-bond donors (Lipinski definition) is 3. The molecule has 0 aliphatic rings. The van der Waals surface area contributed by atoms with E-state index in [-0.39, 0.29) is 17.9 Å². The topological polar surface area (TPSA) is 104 Å². The summed E-state index contributed by atoms with van der Waals surface area (Å²) in [6, 6.07) is 24.7. The van der Waals surface area contributed by atoms with E-state index in [1.54, 1.807) is 0 Å². The van der Waals surface area contributed by atoms with E-state index in [4.69, 9.17) is 5.11 Å². The summed E-state index contributed by atoms with van der Waals surface area (Å²) >= 11 is 0. The molecule has 6 heteroatoms. The van der Waals surface area contributed by atoms with Crippen LogP contribution in [0.1, 0.15) is 27.9 Å². The van der Waals surface area contributed by atoms with Crippen molar-refractivity contribution in [3.05, 3.63) is 102 Å². The molecule has 0 heterocycles. The Labute approximate surface area is 186 Å². The number of carboxylic acid groups (broad SMARTS) is 2. The van der Waals surface area contributed by atoms with E-state index in [9.17, 15) is 19.5 Å². The number of benzene rings is 3. The maximum absolute atomic E-state index is 13.1. The number of rotatable bonds is 10. The highest BCUT2D eigenvalue weighted by molar-refractivity contribution is 5.94. The van der Waals surface area contributed by atoms with Crippen LogP contribution in [0, 0.1) is 11.8 Å². The summed E-state index contributed by atoms with van der Waals surface area (Å²) in [6.07, 6.45) is 0.915. The summed E-state index contributed by atoms with van der Waals surface area (Å²) in [5, 5.41) is 21.7. The van der Waals surface area contributed by atoms with Gasteiger partial charge >= 0.3 is 11.9 Å². The Morgan fingerprint density at radius 3 is 1.66 bits per heavy atom. The number of carbonyl (C=O) groups is 3. The number of carbonyl (C=O) groups excluding carboxylic acids is 1. The van der Waals surface area contributed by atoms with E-state index in [0.717, 1.165) is 11.1 Å². The monoisotopic (exact) mass is 431 g/mol. The third-order valence-corrected chi connectivity index (χ3v) is 5.34. The molecule has 32 heavy (non-hydrogen) atoms. The molecule has 6 nitrogen and oxygen atoms in total. The van der Waals surface area contributed by atoms with Gasteiger partial charge in [0, 0.05) is 11.6 Å². The van der Waals surface area contributed by atoms with Crippen LogP contribution in [0.2, 0.25) is 0 Å². The maximum Gasteiger partial charge on any atom is 0.335 e. The third kappa shape index (κ3) is 6.54. The summed E-state index contributed by atoms with van der Waals surface area (Å²) in [6.45, 7) is 0. The van der Waals surface area contributed by atoms with Crippen LogP contribution >= 0.6 is 0 Å². The maximum atomic E-state index is 13.1. The molecule has 3 N–H and O–H groups in total. The van der Waals surface area contributed by atoms with Gasteiger partial charge in [0.2, 0.25) is 5.91 Å². The fourth-order valence-electron chi connectivity index (χ4n) is 3.64. The van der Waals surface area contributed by atoms with E-state index >= 15 is 0 Å². The Bertz CT molecular complexity index is 1050. The van der Waals surface area contributed by atoms with Crippen LogP contribution in [-0.4, -0.2) is 28.1 Å². The van der Waals surface area contributed by atoms with Gasteiger partial charge in [0.1, 0.15) is 0 Å². The average molecular weight is 431 g/mol. The average Bonchev–Trinajstić information content (AvgIpc) is 2.79. The second-order valence-electron chi connectivity index (χ2n) is 7.72. The van der Waals surface area contributed by atoms with Gasteiger partial charge in [-0.2, -0.15) is 0 Å². The summed E-state index contributed by atoms with van der Waals surface area (Å²) in [5.41, 5.74) is 2.44. The highest BCUT2D eigenvalue weighted by atomic mass is 16.4. The van der Waals surface area contributed by atoms with Crippen LogP contribution in [0.25, 0.3) is 0 Å². The fourth-order valence-corrected chi connectivity index (χ4v) is 3.64. The number of nitrogens with one attached hydrogen (secondary N) is 1. The van der Waals surface area contributed by atoms with Crippen molar-refractivity contribution in [2.24, 2.45) is 11.8 Å². The van der Waals surface area contributed by atoms with Gasteiger partial charge in [-0.25, -0.2) is 4.79 Å². The Balaban J connectivity index is 1.79. The quantitative estimate of drug-likeness (QED) is 0.438. The Kier molecular flexibility index (Phi) is 7.75. The minimum Gasteiger partial charge on any atom is -0.481 e. The van der Waals surface area contributed by atoms with Crippen LogP contribution in [0.15, 0.2) is 84.9 Å². The zero-order valence-corrected chi connectivity index (χ0v) is 17.5. The van der Waals surface area contributed by atoms with Crippen molar-refractivity contribution in [2.45, 2.75) is 19.3 Å². The van der Waals surface area contributed by atoms with Crippen molar-refractivity contribution in [1.82, 2.24) is 0 Å². The molecule has 3 rings (SSSR count). The normalized spacial score (nSPS) is 12.5. The first kappa shape index (κ1) is 22.7. The summed E-state index contributed by atoms with van der Waals surface area (Å²) in [7, 11) is 0. The Morgan fingerprint density at radius 2 is 1.19 bits per heavy atom. The van der Waals surface area contributed by atoms with Crippen LogP contribution in [0.4, 0.5) is 5.69 Å². The van der Waals surface area contributed by atoms with E-state index in [0.29, 0.717) is 18.5 Å². The second kappa shape index (κ2) is 10.9. The molecule has 0 aliphatic carbocycles. The van der Waals surface area contributed by atoms with Crippen molar-refractivity contribution in [1.29, 1.82) is 0 Å². The minimum absolute atomic E-state index is 0.123. The lowest BCUT2D eigenvalue weighted by Gasteiger charge is -2.21. The lowest BCUT2D eigenvalue weighted by molar-refractivity contribution is -0.142. The SMILES string of the molecule is O=C(O)c1ccc(NC(=O)C(Cc2ccccc2)CC(Cc2ccccc2)C(=O)O)cc1. The Morgan fingerprint density at radius 1 is 0.688 bits per heavy atom. The number of amides is 1. The molecule has 0 aromatic heterocycles. The van der Waals surface area contributed by atoms with Crippen LogP contribution in [0.5, 0.6) is 0 Å². The number of aliphatic carboxylic acids is 1. The van der Waals surface area contributed by atoms with Crippen molar-refractivity contribution in [2.75, 3.05) is 5.32 Å². The first-order chi connectivity index (χ1) is 15.4. The third-order valence-electron chi connectivity index (χ3n) is 5.34. The van der Waals surface area contributed by atoms with Gasteiger partial charge < -0.3 is 15.5 Å². The van der Waals surface area contributed by atoms with Gasteiger partial charge in [-0.05, 0) is 54.7 Å². The molecule has 0 radical (unpaired) electrons. The highest BCUT2D eigenvalue weighted by Gasteiger charge is 2.28. The molecule has 0 aliphatic heterocycles. The molecule has 1 amide bonds. The van der Waals surface area contributed by atoms with E-state index in [1.807, 2.05) is 60.7 Å². The Hall–Kier alpha value is -3.93. The van der Waals surface area contributed by atoms with Gasteiger partial charge in [0.05, 0.1) is 11.5 Å². The van der Waals surface area contributed by atoms with Crippen LogP contribution < -0.4 is 5.32 Å². The number of carboxylic acids is 2. The smallest absolute Gasteiger partial charge is 0.335 e. The van der Waals surface area contributed by atoms with Crippen molar-refractivity contribution >= 4 is 23.5 Å². The zero-order chi connectivity index (χ0) is 22.9. The number of aromatic carboxylic acids is 1. The zero-order valence-electron chi connectivity index (χ0n) is 17.5. The number of hydrogen-bond acceptors (Lipinski definition) is 3. The largest absolute Gasteiger partial charge is 0.481 e. The molecular formula is C26H25NO5. The molecular weight excluding hydrogens is 406 g/mol. The molecule has 0 fully saturated rings. The molecule has 0 saturated heterocycles. The van der Waals surface area contributed by atoms with E-state index in [1.165, 1.54) is 24.3 Å². The molecule has 3 aromatic carbocycles. The summed E-state index contributed by atoms with van der Waals surface area (Å²) in [4.78, 5) is 36.2. The van der Waals surface area contributed by atoms with E-state index < -0.39 is 23.8 Å². The molecule has 164 valence electrons. The molecule has 3 aromatic rings. The van der Waals surface area contributed by atoms with Crippen LogP contribution in [-0.2, 0) is 22.4 Å². The lowest BCUT2D eigenvalue weighted by atomic mass is 9.85. The number of anilines is 1. The van der Waals surface area contributed by atoms with Crippen molar-refractivity contribution < 1.29 is 24.6 Å². The summed E-state index contributed by atoms with van der Waals surface area (Å²) in [5.74, 6) is -3.57.